The predicted octanol–water partition coefficient (Wildman–Crippen LogP) is 3.51. The summed E-state index contributed by atoms with van der Waals surface area (Å²) in [5.74, 6) is -0.706. The molecule has 0 aromatic heterocycles. The maximum atomic E-state index is 12.3. The van der Waals surface area contributed by atoms with Crippen molar-refractivity contribution in [2.75, 3.05) is 6.61 Å². The van der Waals surface area contributed by atoms with Crippen LogP contribution in [0.3, 0.4) is 0 Å². The standard InChI is InChI=1S/C12H13ClF2O3/c1-3-17-11(16)9-5-8(6-13)4-7(2)10(9)18-12(14)15/h4-5,12H,3,6H2,1-2H3. The molecule has 1 aromatic carbocycles. The smallest absolute Gasteiger partial charge is 0.387 e. The Kier molecular flexibility index (Phi) is 5.34. The zero-order chi connectivity index (χ0) is 13.7. The van der Waals surface area contributed by atoms with Gasteiger partial charge in [-0.15, -0.1) is 11.6 Å². The second-order valence-electron chi connectivity index (χ2n) is 3.52. The van der Waals surface area contributed by atoms with Crippen molar-refractivity contribution < 1.29 is 23.0 Å². The molecular weight excluding hydrogens is 266 g/mol. The molecule has 6 heteroatoms. The van der Waals surface area contributed by atoms with E-state index >= 15 is 0 Å². The third-order valence-corrected chi connectivity index (χ3v) is 2.50. The molecule has 0 aliphatic rings. The van der Waals surface area contributed by atoms with E-state index in [1.807, 2.05) is 0 Å². The molecule has 0 atom stereocenters. The van der Waals surface area contributed by atoms with Crippen LogP contribution in [-0.4, -0.2) is 19.2 Å². The van der Waals surface area contributed by atoms with Gasteiger partial charge in [0, 0.05) is 5.88 Å². The van der Waals surface area contributed by atoms with Gasteiger partial charge >= 0.3 is 12.6 Å². The Bertz CT molecular complexity index is 436. The zero-order valence-electron chi connectivity index (χ0n) is 10.0. The van der Waals surface area contributed by atoms with Gasteiger partial charge in [0.15, 0.2) is 0 Å². The lowest BCUT2D eigenvalue weighted by molar-refractivity contribution is -0.0509. The van der Waals surface area contributed by atoms with Crippen LogP contribution in [0.2, 0.25) is 0 Å². The molecule has 3 nitrogen and oxygen atoms in total. The van der Waals surface area contributed by atoms with Crippen molar-refractivity contribution in [3.8, 4) is 5.75 Å². The lowest BCUT2D eigenvalue weighted by atomic mass is 10.1. The Balaban J connectivity index is 3.24. The number of carbonyl (C=O) groups excluding carboxylic acids is 1. The second kappa shape index (κ2) is 6.54. The van der Waals surface area contributed by atoms with E-state index in [9.17, 15) is 13.6 Å². The minimum absolute atomic E-state index is 0.0344. The van der Waals surface area contributed by atoms with E-state index in [-0.39, 0.29) is 23.8 Å². The monoisotopic (exact) mass is 278 g/mol. The molecule has 1 rings (SSSR count). The molecule has 0 spiro atoms. The van der Waals surface area contributed by atoms with Crippen molar-refractivity contribution in [2.45, 2.75) is 26.3 Å². The zero-order valence-corrected chi connectivity index (χ0v) is 10.8. The normalized spacial score (nSPS) is 10.6. The maximum absolute atomic E-state index is 12.3. The van der Waals surface area contributed by atoms with E-state index in [1.165, 1.54) is 6.07 Å². The van der Waals surface area contributed by atoms with E-state index in [2.05, 4.69) is 4.74 Å². The lowest BCUT2D eigenvalue weighted by Crippen LogP contribution is -2.12. The van der Waals surface area contributed by atoms with Gasteiger partial charge in [-0.05, 0) is 31.0 Å². The molecule has 0 saturated carbocycles. The van der Waals surface area contributed by atoms with E-state index in [0.717, 1.165) is 0 Å². The average molecular weight is 279 g/mol. The highest BCUT2D eigenvalue weighted by Crippen LogP contribution is 2.28. The predicted molar refractivity (Wildman–Crippen MR) is 63.3 cm³/mol. The van der Waals surface area contributed by atoms with Crippen molar-refractivity contribution in [3.63, 3.8) is 0 Å². The van der Waals surface area contributed by atoms with E-state index in [0.29, 0.717) is 11.1 Å². The second-order valence-corrected chi connectivity index (χ2v) is 3.79. The average Bonchev–Trinajstić information content (AvgIpc) is 2.31. The molecule has 18 heavy (non-hydrogen) atoms. The van der Waals surface area contributed by atoms with Crippen molar-refractivity contribution in [3.05, 3.63) is 28.8 Å². The molecule has 0 radical (unpaired) electrons. The van der Waals surface area contributed by atoms with Gasteiger partial charge in [-0.25, -0.2) is 4.79 Å². The number of ether oxygens (including phenoxy) is 2. The molecule has 100 valence electrons. The molecule has 0 aliphatic heterocycles. The first-order chi connectivity index (χ1) is 8.49. The number of esters is 1. The highest BCUT2D eigenvalue weighted by molar-refractivity contribution is 6.17. The summed E-state index contributed by atoms with van der Waals surface area (Å²) >= 11 is 5.67. The first kappa shape index (κ1) is 14.7. The van der Waals surface area contributed by atoms with E-state index in [1.54, 1.807) is 19.9 Å². The topological polar surface area (TPSA) is 35.5 Å². The Morgan fingerprint density at radius 2 is 2.11 bits per heavy atom. The van der Waals surface area contributed by atoms with Crippen LogP contribution >= 0.6 is 11.6 Å². The highest BCUT2D eigenvalue weighted by atomic mass is 35.5. The van der Waals surface area contributed by atoms with Crippen molar-refractivity contribution in [1.29, 1.82) is 0 Å². The summed E-state index contributed by atoms with van der Waals surface area (Å²) in [5.41, 5.74) is 1.02. The van der Waals surface area contributed by atoms with Gasteiger partial charge in [0.2, 0.25) is 0 Å². The van der Waals surface area contributed by atoms with E-state index in [4.69, 9.17) is 16.3 Å². The number of carbonyl (C=O) groups is 1. The number of aryl methyl sites for hydroxylation is 1. The summed E-state index contributed by atoms with van der Waals surface area (Å²) < 4.78 is 33.8. The lowest BCUT2D eigenvalue weighted by Gasteiger charge is -2.14. The largest absolute Gasteiger partial charge is 0.462 e. The molecule has 0 fully saturated rings. The summed E-state index contributed by atoms with van der Waals surface area (Å²) in [6, 6.07) is 2.99. The summed E-state index contributed by atoms with van der Waals surface area (Å²) in [7, 11) is 0. The van der Waals surface area contributed by atoms with Gasteiger partial charge < -0.3 is 9.47 Å². The fraction of sp³-hybridized carbons (Fsp3) is 0.417. The number of rotatable bonds is 5. The van der Waals surface area contributed by atoms with Crippen LogP contribution < -0.4 is 4.74 Å². The van der Waals surface area contributed by atoms with Gasteiger partial charge in [-0.2, -0.15) is 8.78 Å². The summed E-state index contributed by atoms with van der Waals surface area (Å²) in [6.07, 6.45) is 0. The molecule has 0 aliphatic carbocycles. The molecule has 0 N–H and O–H groups in total. The first-order valence-electron chi connectivity index (χ1n) is 5.31. The molecule has 1 aromatic rings. The fourth-order valence-electron chi connectivity index (χ4n) is 1.53. The van der Waals surface area contributed by atoms with Crippen LogP contribution in [0, 0.1) is 6.92 Å². The minimum atomic E-state index is -3.00. The van der Waals surface area contributed by atoms with Gasteiger partial charge in [0.1, 0.15) is 11.3 Å². The van der Waals surface area contributed by atoms with Crippen LogP contribution in [0.5, 0.6) is 5.75 Å². The molecule has 0 heterocycles. The maximum Gasteiger partial charge on any atom is 0.387 e. The highest BCUT2D eigenvalue weighted by Gasteiger charge is 2.20. The Morgan fingerprint density at radius 3 is 2.61 bits per heavy atom. The van der Waals surface area contributed by atoms with Gasteiger partial charge in [-0.3, -0.25) is 0 Å². The Hall–Kier alpha value is -1.36. The number of hydrogen-bond acceptors (Lipinski definition) is 3. The van der Waals surface area contributed by atoms with Crippen molar-refractivity contribution in [1.82, 2.24) is 0 Å². The Morgan fingerprint density at radius 1 is 1.44 bits per heavy atom. The van der Waals surface area contributed by atoms with Crippen LogP contribution in [0.15, 0.2) is 12.1 Å². The van der Waals surface area contributed by atoms with E-state index < -0.39 is 12.6 Å². The number of alkyl halides is 3. The van der Waals surface area contributed by atoms with Gasteiger partial charge in [-0.1, -0.05) is 6.07 Å². The quantitative estimate of drug-likeness (QED) is 0.611. The Labute approximate surface area is 109 Å². The molecule has 0 bridgehead atoms. The fourth-order valence-corrected chi connectivity index (χ4v) is 1.69. The van der Waals surface area contributed by atoms with Gasteiger partial charge in [0.05, 0.1) is 6.61 Å². The molecule has 0 saturated heterocycles. The summed E-state index contributed by atoms with van der Waals surface area (Å²) in [6.45, 7) is 0.343. The van der Waals surface area contributed by atoms with Crippen LogP contribution in [0.25, 0.3) is 0 Å². The molecule has 0 unspecified atom stereocenters. The molecule has 0 amide bonds. The first-order valence-corrected chi connectivity index (χ1v) is 5.84. The van der Waals surface area contributed by atoms with Crippen molar-refractivity contribution in [2.24, 2.45) is 0 Å². The third-order valence-electron chi connectivity index (χ3n) is 2.19. The van der Waals surface area contributed by atoms with Crippen molar-refractivity contribution >= 4 is 17.6 Å². The SMILES string of the molecule is CCOC(=O)c1cc(CCl)cc(C)c1OC(F)F. The molecular formula is C12H13ClF2O3. The summed E-state index contributed by atoms with van der Waals surface area (Å²) in [4.78, 5) is 11.7. The number of benzene rings is 1. The van der Waals surface area contributed by atoms with Crippen LogP contribution in [0.1, 0.15) is 28.4 Å². The minimum Gasteiger partial charge on any atom is -0.462 e. The summed E-state index contributed by atoms with van der Waals surface area (Å²) in [5, 5.41) is 0. The van der Waals surface area contributed by atoms with Crippen LogP contribution in [-0.2, 0) is 10.6 Å². The van der Waals surface area contributed by atoms with Gasteiger partial charge in [0.25, 0.3) is 0 Å². The van der Waals surface area contributed by atoms with Crippen LogP contribution in [0.4, 0.5) is 8.78 Å². The third kappa shape index (κ3) is 3.57. The number of hydrogen-bond donors (Lipinski definition) is 0. The number of halogens is 3.